The van der Waals surface area contributed by atoms with Crippen molar-refractivity contribution in [3.63, 3.8) is 0 Å². The number of rotatable bonds is 2. The minimum atomic E-state index is 0.299. The molecule has 2 aliphatic heterocycles. The van der Waals surface area contributed by atoms with E-state index in [-0.39, 0.29) is 0 Å². The third-order valence-corrected chi connectivity index (χ3v) is 4.22. The Hall–Kier alpha value is -1.35. The molecule has 0 saturated carbocycles. The van der Waals surface area contributed by atoms with Gasteiger partial charge in [-0.3, -0.25) is 4.79 Å². The number of hydrogen-bond donors (Lipinski definition) is 1. The predicted molar refractivity (Wildman–Crippen MR) is 75.7 cm³/mol. The molecular formula is C16H22N2O. The summed E-state index contributed by atoms with van der Waals surface area (Å²) in [5.74, 6) is 0.299. The van der Waals surface area contributed by atoms with Gasteiger partial charge in [0.15, 0.2) is 0 Å². The molecule has 0 radical (unpaired) electrons. The zero-order valence-corrected chi connectivity index (χ0v) is 11.5. The second kappa shape index (κ2) is 5.74. The van der Waals surface area contributed by atoms with E-state index in [0.29, 0.717) is 12.3 Å². The second-order valence-electron chi connectivity index (χ2n) is 5.68. The summed E-state index contributed by atoms with van der Waals surface area (Å²) in [4.78, 5) is 14.4. The van der Waals surface area contributed by atoms with E-state index in [0.717, 1.165) is 31.7 Å². The van der Waals surface area contributed by atoms with E-state index in [2.05, 4.69) is 28.4 Å². The van der Waals surface area contributed by atoms with Crippen LogP contribution >= 0.6 is 0 Å². The number of carbonyl (C=O) groups is 1. The van der Waals surface area contributed by atoms with Gasteiger partial charge in [0.25, 0.3) is 0 Å². The summed E-state index contributed by atoms with van der Waals surface area (Å²) in [5.41, 5.74) is 3.91. The van der Waals surface area contributed by atoms with E-state index in [4.69, 9.17) is 0 Å². The summed E-state index contributed by atoms with van der Waals surface area (Å²) in [5, 5.41) is 3.34. The number of carbonyl (C=O) groups excluding carboxylic acids is 1. The number of nitrogens with one attached hydrogen (secondary N) is 1. The van der Waals surface area contributed by atoms with Crippen molar-refractivity contribution in [2.24, 2.45) is 0 Å². The highest BCUT2D eigenvalue weighted by atomic mass is 16.2. The molecule has 2 aliphatic rings. The lowest BCUT2D eigenvalue weighted by Gasteiger charge is -2.20. The van der Waals surface area contributed by atoms with Crippen LogP contribution in [0.15, 0.2) is 18.2 Å². The van der Waals surface area contributed by atoms with Crippen LogP contribution in [-0.2, 0) is 24.3 Å². The SMILES string of the molecule is O=C(Cc1ccc2c(c1)CNC2)N1CCCCCC1. The third kappa shape index (κ3) is 2.98. The third-order valence-electron chi connectivity index (χ3n) is 4.22. The van der Waals surface area contributed by atoms with Crippen molar-refractivity contribution in [1.82, 2.24) is 10.2 Å². The fourth-order valence-electron chi connectivity index (χ4n) is 3.06. The number of fused-ring (bicyclic) bond motifs is 1. The number of benzene rings is 1. The van der Waals surface area contributed by atoms with Gasteiger partial charge in [-0.1, -0.05) is 31.0 Å². The molecule has 1 saturated heterocycles. The Labute approximate surface area is 115 Å². The topological polar surface area (TPSA) is 32.3 Å². The van der Waals surface area contributed by atoms with Gasteiger partial charge in [0.2, 0.25) is 5.91 Å². The first-order valence-electron chi connectivity index (χ1n) is 7.42. The van der Waals surface area contributed by atoms with E-state index < -0.39 is 0 Å². The van der Waals surface area contributed by atoms with E-state index in [1.807, 2.05) is 0 Å². The fourth-order valence-corrected chi connectivity index (χ4v) is 3.06. The van der Waals surface area contributed by atoms with Crippen LogP contribution in [0.4, 0.5) is 0 Å². The van der Waals surface area contributed by atoms with Crippen molar-refractivity contribution in [3.8, 4) is 0 Å². The molecule has 2 heterocycles. The molecule has 3 nitrogen and oxygen atoms in total. The molecule has 1 aromatic rings. The van der Waals surface area contributed by atoms with Gasteiger partial charge in [0.1, 0.15) is 0 Å². The van der Waals surface area contributed by atoms with Gasteiger partial charge in [-0.2, -0.15) is 0 Å². The molecule has 1 N–H and O–H groups in total. The Morgan fingerprint density at radius 3 is 2.58 bits per heavy atom. The van der Waals surface area contributed by atoms with Gasteiger partial charge in [-0.25, -0.2) is 0 Å². The maximum Gasteiger partial charge on any atom is 0.226 e. The molecule has 3 rings (SSSR count). The van der Waals surface area contributed by atoms with Crippen molar-refractivity contribution in [3.05, 3.63) is 34.9 Å². The van der Waals surface area contributed by atoms with Crippen LogP contribution in [0, 0.1) is 0 Å². The monoisotopic (exact) mass is 258 g/mol. The lowest BCUT2D eigenvalue weighted by Crippen LogP contribution is -2.33. The van der Waals surface area contributed by atoms with E-state index in [9.17, 15) is 4.79 Å². The molecule has 1 aromatic carbocycles. The summed E-state index contributed by atoms with van der Waals surface area (Å²) in [6.07, 6.45) is 5.44. The van der Waals surface area contributed by atoms with Gasteiger partial charge in [-0.15, -0.1) is 0 Å². The Balaban J connectivity index is 1.65. The standard InChI is InChI=1S/C16H22N2O/c19-16(18-7-3-1-2-4-8-18)10-13-5-6-14-11-17-12-15(14)9-13/h5-6,9,17H,1-4,7-8,10-12H2. The van der Waals surface area contributed by atoms with Crippen molar-refractivity contribution in [2.75, 3.05) is 13.1 Å². The maximum absolute atomic E-state index is 12.3. The van der Waals surface area contributed by atoms with Crippen molar-refractivity contribution in [1.29, 1.82) is 0 Å². The number of nitrogens with zero attached hydrogens (tertiary/aromatic N) is 1. The first-order chi connectivity index (χ1) is 9.33. The van der Waals surface area contributed by atoms with Gasteiger partial charge in [0, 0.05) is 26.2 Å². The number of likely N-dealkylation sites (tertiary alicyclic amines) is 1. The Morgan fingerprint density at radius 1 is 1.05 bits per heavy atom. The lowest BCUT2D eigenvalue weighted by atomic mass is 10.0. The highest BCUT2D eigenvalue weighted by molar-refractivity contribution is 5.78. The van der Waals surface area contributed by atoms with Gasteiger partial charge >= 0.3 is 0 Å². The van der Waals surface area contributed by atoms with Crippen LogP contribution in [0.2, 0.25) is 0 Å². The van der Waals surface area contributed by atoms with Gasteiger partial charge in [0.05, 0.1) is 6.42 Å². The highest BCUT2D eigenvalue weighted by Gasteiger charge is 2.17. The quantitative estimate of drug-likeness (QED) is 0.882. The summed E-state index contributed by atoms with van der Waals surface area (Å²) in [7, 11) is 0. The Morgan fingerprint density at radius 2 is 1.79 bits per heavy atom. The summed E-state index contributed by atoms with van der Waals surface area (Å²) >= 11 is 0. The number of hydrogen-bond acceptors (Lipinski definition) is 2. The van der Waals surface area contributed by atoms with E-state index in [1.54, 1.807) is 0 Å². The largest absolute Gasteiger partial charge is 0.342 e. The minimum absolute atomic E-state index is 0.299. The molecule has 1 fully saturated rings. The van der Waals surface area contributed by atoms with E-state index in [1.165, 1.54) is 36.8 Å². The minimum Gasteiger partial charge on any atom is -0.342 e. The van der Waals surface area contributed by atoms with Crippen LogP contribution in [0.5, 0.6) is 0 Å². The molecule has 1 amide bonds. The van der Waals surface area contributed by atoms with Crippen molar-refractivity contribution in [2.45, 2.75) is 45.2 Å². The molecule has 0 atom stereocenters. The lowest BCUT2D eigenvalue weighted by molar-refractivity contribution is -0.130. The molecule has 0 aromatic heterocycles. The highest BCUT2D eigenvalue weighted by Crippen LogP contribution is 2.18. The number of amides is 1. The van der Waals surface area contributed by atoms with Gasteiger partial charge in [-0.05, 0) is 29.5 Å². The normalized spacial score (nSPS) is 19.1. The molecule has 0 bridgehead atoms. The molecular weight excluding hydrogens is 236 g/mol. The van der Waals surface area contributed by atoms with Crippen LogP contribution < -0.4 is 5.32 Å². The molecule has 19 heavy (non-hydrogen) atoms. The summed E-state index contributed by atoms with van der Waals surface area (Å²) < 4.78 is 0. The predicted octanol–water partition coefficient (Wildman–Crippen LogP) is 2.23. The van der Waals surface area contributed by atoms with Crippen LogP contribution in [0.25, 0.3) is 0 Å². The molecule has 0 unspecified atom stereocenters. The molecule has 0 spiro atoms. The first-order valence-corrected chi connectivity index (χ1v) is 7.42. The first kappa shape index (κ1) is 12.7. The average Bonchev–Trinajstić information content (AvgIpc) is 2.71. The average molecular weight is 258 g/mol. The summed E-state index contributed by atoms with van der Waals surface area (Å²) in [6, 6.07) is 6.48. The van der Waals surface area contributed by atoms with Crippen molar-refractivity contribution < 1.29 is 4.79 Å². The zero-order valence-electron chi connectivity index (χ0n) is 11.5. The fraction of sp³-hybridized carbons (Fsp3) is 0.562. The van der Waals surface area contributed by atoms with E-state index >= 15 is 0 Å². The van der Waals surface area contributed by atoms with Crippen molar-refractivity contribution >= 4 is 5.91 Å². The smallest absolute Gasteiger partial charge is 0.226 e. The Bertz CT molecular complexity index is 462. The molecule has 3 heteroatoms. The van der Waals surface area contributed by atoms with Crippen LogP contribution in [0.1, 0.15) is 42.4 Å². The van der Waals surface area contributed by atoms with Gasteiger partial charge < -0.3 is 10.2 Å². The maximum atomic E-state index is 12.3. The van der Waals surface area contributed by atoms with Crippen LogP contribution in [0.3, 0.4) is 0 Å². The zero-order chi connectivity index (χ0) is 13.1. The second-order valence-corrected chi connectivity index (χ2v) is 5.68. The molecule has 0 aliphatic carbocycles. The molecule has 102 valence electrons. The Kier molecular flexibility index (Phi) is 3.83. The van der Waals surface area contributed by atoms with Crippen LogP contribution in [-0.4, -0.2) is 23.9 Å². The summed E-state index contributed by atoms with van der Waals surface area (Å²) in [6.45, 7) is 3.81.